The maximum Gasteiger partial charge on any atom is 0.231 e. The predicted octanol–water partition coefficient (Wildman–Crippen LogP) is 3.26. The molecule has 136 valence electrons. The van der Waals surface area contributed by atoms with Crippen molar-refractivity contribution in [2.45, 2.75) is 0 Å². The molecule has 1 aliphatic heterocycles. The molecule has 7 nitrogen and oxygen atoms in total. The first kappa shape index (κ1) is 16.1. The summed E-state index contributed by atoms with van der Waals surface area (Å²) in [5.74, 6) is 0.763. The zero-order valence-corrected chi connectivity index (χ0v) is 15.4. The fourth-order valence-corrected chi connectivity index (χ4v) is 4.27. The zero-order valence-electron chi connectivity index (χ0n) is 14.6. The van der Waals surface area contributed by atoms with E-state index >= 15 is 0 Å². The van der Waals surface area contributed by atoms with E-state index in [9.17, 15) is 4.79 Å². The Labute approximate surface area is 159 Å². The molecular formula is C19H17N5O2S. The van der Waals surface area contributed by atoms with Gasteiger partial charge in [-0.15, -0.1) is 0 Å². The van der Waals surface area contributed by atoms with Gasteiger partial charge in [-0.2, -0.15) is 5.10 Å². The van der Waals surface area contributed by atoms with E-state index in [1.807, 2.05) is 36.4 Å². The van der Waals surface area contributed by atoms with Gasteiger partial charge in [0.25, 0.3) is 0 Å². The number of nitrogens with zero attached hydrogens (tertiary/aromatic N) is 3. The first-order valence-corrected chi connectivity index (χ1v) is 9.45. The molecule has 3 heterocycles. The first-order chi connectivity index (χ1) is 13.2. The SMILES string of the molecule is COc1cccc2sc(N3CC(C(=O)Nc4ccc5cn[nH]c5c4)C3)nc12. The molecule has 0 saturated carbocycles. The summed E-state index contributed by atoms with van der Waals surface area (Å²) in [4.78, 5) is 19.3. The third kappa shape index (κ3) is 2.78. The number of methoxy groups -OCH3 is 1. The highest BCUT2D eigenvalue weighted by atomic mass is 32.1. The molecule has 0 spiro atoms. The maximum absolute atomic E-state index is 12.5. The lowest BCUT2D eigenvalue weighted by Gasteiger charge is -2.37. The van der Waals surface area contributed by atoms with Crippen molar-refractivity contribution >= 4 is 49.2 Å². The number of para-hydroxylation sites is 1. The second-order valence-electron chi connectivity index (χ2n) is 6.57. The van der Waals surface area contributed by atoms with Crippen molar-refractivity contribution in [3.05, 3.63) is 42.6 Å². The number of benzene rings is 2. The van der Waals surface area contributed by atoms with Crippen molar-refractivity contribution in [3.8, 4) is 5.75 Å². The largest absolute Gasteiger partial charge is 0.494 e. The van der Waals surface area contributed by atoms with Crippen LogP contribution in [0, 0.1) is 5.92 Å². The van der Waals surface area contributed by atoms with Crippen molar-refractivity contribution in [2.24, 2.45) is 5.92 Å². The van der Waals surface area contributed by atoms with Gasteiger partial charge in [-0.25, -0.2) is 4.98 Å². The van der Waals surface area contributed by atoms with Crippen LogP contribution in [0.2, 0.25) is 0 Å². The second-order valence-corrected chi connectivity index (χ2v) is 7.58. The molecule has 0 bridgehead atoms. The Morgan fingerprint density at radius 2 is 2.22 bits per heavy atom. The highest BCUT2D eigenvalue weighted by Crippen LogP contribution is 2.36. The molecule has 1 fully saturated rings. The Bertz CT molecular complexity index is 1150. The molecule has 0 unspecified atom stereocenters. The number of thiazole rings is 1. The van der Waals surface area contributed by atoms with Gasteiger partial charge in [-0.05, 0) is 30.3 Å². The standard InChI is InChI=1S/C19H17N5O2S/c1-26-15-3-2-4-16-17(15)22-19(27-16)24-9-12(10-24)18(25)21-13-6-5-11-8-20-23-14(11)7-13/h2-8,12H,9-10H2,1H3,(H,20,23)(H,21,25). The Balaban J connectivity index is 1.26. The van der Waals surface area contributed by atoms with Crippen LogP contribution >= 0.6 is 11.3 Å². The van der Waals surface area contributed by atoms with Gasteiger partial charge in [0, 0.05) is 24.2 Å². The number of hydrogen-bond acceptors (Lipinski definition) is 6. The monoisotopic (exact) mass is 379 g/mol. The number of carbonyl (C=O) groups excluding carboxylic acids is 1. The van der Waals surface area contributed by atoms with Crippen LogP contribution in [0.15, 0.2) is 42.6 Å². The number of carbonyl (C=O) groups is 1. The highest BCUT2D eigenvalue weighted by Gasteiger charge is 2.34. The summed E-state index contributed by atoms with van der Waals surface area (Å²) in [5.41, 5.74) is 2.56. The molecule has 1 amide bonds. The number of hydrogen-bond donors (Lipinski definition) is 2. The van der Waals surface area contributed by atoms with E-state index in [0.29, 0.717) is 13.1 Å². The quantitative estimate of drug-likeness (QED) is 0.569. The Kier molecular flexibility index (Phi) is 3.71. The highest BCUT2D eigenvalue weighted by molar-refractivity contribution is 7.22. The molecule has 2 aromatic carbocycles. The number of ether oxygens (including phenoxy) is 1. The van der Waals surface area contributed by atoms with E-state index in [0.717, 1.165) is 37.7 Å². The minimum absolute atomic E-state index is 0.0313. The van der Waals surface area contributed by atoms with Gasteiger partial charge >= 0.3 is 0 Å². The van der Waals surface area contributed by atoms with Crippen molar-refractivity contribution in [1.82, 2.24) is 15.2 Å². The van der Waals surface area contributed by atoms with Gasteiger partial charge in [0.05, 0.1) is 29.4 Å². The Morgan fingerprint density at radius 3 is 3.07 bits per heavy atom. The molecule has 5 rings (SSSR count). The van der Waals surface area contributed by atoms with Gasteiger partial charge in [0.1, 0.15) is 11.3 Å². The predicted molar refractivity (Wildman–Crippen MR) is 107 cm³/mol. The van der Waals surface area contributed by atoms with Crippen LogP contribution in [-0.2, 0) is 4.79 Å². The normalized spacial score (nSPS) is 14.5. The first-order valence-electron chi connectivity index (χ1n) is 8.64. The molecule has 1 aliphatic rings. The molecule has 1 saturated heterocycles. The van der Waals surface area contributed by atoms with Gasteiger partial charge in [0.15, 0.2) is 5.13 Å². The van der Waals surface area contributed by atoms with E-state index in [4.69, 9.17) is 4.74 Å². The van der Waals surface area contributed by atoms with Crippen molar-refractivity contribution in [2.75, 3.05) is 30.4 Å². The topological polar surface area (TPSA) is 83.1 Å². The number of anilines is 2. The van der Waals surface area contributed by atoms with Crippen molar-refractivity contribution in [3.63, 3.8) is 0 Å². The third-order valence-electron chi connectivity index (χ3n) is 4.82. The average Bonchev–Trinajstić information content (AvgIpc) is 3.25. The van der Waals surface area contributed by atoms with E-state index in [2.05, 4.69) is 25.4 Å². The number of nitrogens with one attached hydrogen (secondary N) is 2. The summed E-state index contributed by atoms with van der Waals surface area (Å²) in [5, 5.41) is 11.9. The molecule has 27 heavy (non-hydrogen) atoms. The van der Waals surface area contributed by atoms with Crippen LogP contribution in [0.3, 0.4) is 0 Å². The lowest BCUT2D eigenvalue weighted by molar-refractivity contribution is -0.120. The maximum atomic E-state index is 12.5. The van der Waals surface area contributed by atoms with Crippen LogP contribution in [0.1, 0.15) is 0 Å². The summed E-state index contributed by atoms with van der Waals surface area (Å²) in [7, 11) is 1.65. The molecule has 8 heteroatoms. The summed E-state index contributed by atoms with van der Waals surface area (Å²) >= 11 is 1.62. The molecule has 2 N–H and O–H groups in total. The fraction of sp³-hybridized carbons (Fsp3) is 0.211. The van der Waals surface area contributed by atoms with E-state index in [1.54, 1.807) is 24.6 Å². The number of aromatic nitrogens is 3. The Hall–Kier alpha value is -3.13. The van der Waals surface area contributed by atoms with E-state index < -0.39 is 0 Å². The van der Waals surface area contributed by atoms with Crippen molar-refractivity contribution in [1.29, 1.82) is 0 Å². The van der Waals surface area contributed by atoms with E-state index in [-0.39, 0.29) is 11.8 Å². The number of rotatable bonds is 4. The summed E-state index contributed by atoms with van der Waals surface area (Å²) < 4.78 is 6.47. The Morgan fingerprint density at radius 1 is 1.33 bits per heavy atom. The molecule has 0 atom stereocenters. The van der Waals surface area contributed by atoms with Crippen LogP contribution in [0.5, 0.6) is 5.75 Å². The van der Waals surface area contributed by atoms with Gasteiger partial charge in [0.2, 0.25) is 5.91 Å². The molecule has 0 aliphatic carbocycles. The van der Waals surface area contributed by atoms with Gasteiger partial charge < -0.3 is 15.0 Å². The van der Waals surface area contributed by atoms with Crippen LogP contribution in [-0.4, -0.2) is 41.3 Å². The fourth-order valence-electron chi connectivity index (χ4n) is 3.27. The number of H-pyrrole nitrogens is 1. The second kappa shape index (κ2) is 6.24. The minimum Gasteiger partial charge on any atom is -0.494 e. The molecule has 0 radical (unpaired) electrons. The molecule has 4 aromatic rings. The number of amides is 1. The average molecular weight is 379 g/mol. The van der Waals surface area contributed by atoms with Crippen LogP contribution in [0.25, 0.3) is 21.1 Å². The molecule has 2 aromatic heterocycles. The zero-order chi connectivity index (χ0) is 18.4. The van der Waals surface area contributed by atoms with Gasteiger partial charge in [-0.3, -0.25) is 9.89 Å². The summed E-state index contributed by atoms with van der Waals surface area (Å²) in [6.45, 7) is 1.33. The minimum atomic E-state index is -0.0450. The van der Waals surface area contributed by atoms with E-state index in [1.165, 1.54) is 0 Å². The van der Waals surface area contributed by atoms with Crippen LogP contribution in [0.4, 0.5) is 10.8 Å². The van der Waals surface area contributed by atoms with Crippen LogP contribution < -0.4 is 15.0 Å². The van der Waals surface area contributed by atoms with Gasteiger partial charge in [-0.1, -0.05) is 17.4 Å². The summed E-state index contributed by atoms with van der Waals surface area (Å²) in [6.07, 6.45) is 1.76. The number of aromatic amines is 1. The number of fused-ring (bicyclic) bond motifs is 2. The lowest BCUT2D eigenvalue weighted by atomic mass is 10.00. The third-order valence-corrected chi connectivity index (χ3v) is 5.90. The molecular weight excluding hydrogens is 362 g/mol. The smallest absolute Gasteiger partial charge is 0.231 e. The van der Waals surface area contributed by atoms with Crippen molar-refractivity contribution < 1.29 is 9.53 Å². The summed E-state index contributed by atoms with van der Waals surface area (Å²) in [6, 6.07) is 11.6. The lowest BCUT2D eigenvalue weighted by Crippen LogP contribution is -2.52.